The number of alkyl halides is 7. The molecular weight excluding hydrogens is 332 g/mol. The molecule has 0 amide bonds. The van der Waals surface area contributed by atoms with Crippen molar-refractivity contribution in [2.75, 3.05) is 0 Å². The minimum atomic E-state index is -4.62. The average molecular weight is 340 g/mol. The summed E-state index contributed by atoms with van der Waals surface area (Å²) in [6.07, 6.45) is -8.19. The van der Waals surface area contributed by atoms with Crippen LogP contribution in [0.2, 0.25) is 0 Å². The van der Waals surface area contributed by atoms with Crippen LogP contribution in [-0.2, 0) is 18.2 Å². The van der Waals surface area contributed by atoms with Gasteiger partial charge in [0, 0.05) is 17.3 Å². The van der Waals surface area contributed by atoms with Crippen LogP contribution < -0.4 is 0 Å². The Morgan fingerprint density at radius 1 is 0.864 bits per heavy atom. The van der Waals surface area contributed by atoms with Crippen molar-refractivity contribution in [1.82, 2.24) is 4.98 Å². The van der Waals surface area contributed by atoms with Crippen LogP contribution in [0.15, 0.2) is 36.5 Å². The predicted molar refractivity (Wildman–Crippen MR) is 69.2 cm³/mol. The molecule has 2 aromatic rings. The number of rotatable bonds is 2. The molecule has 0 fully saturated rings. The molecule has 0 N–H and O–H groups in total. The van der Waals surface area contributed by atoms with Gasteiger partial charge in [-0.05, 0) is 18.2 Å². The molecule has 22 heavy (non-hydrogen) atoms. The van der Waals surface area contributed by atoms with Crippen LogP contribution in [0.3, 0.4) is 0 Å². The summed E-state index contributed by atoms with van der Waals surface area (Å²) in [5.41, 5.74) is -2.06. The Kier molecular flexibility index (Phi) is 4.37. The molecular formula is C14H8ClF6N. The van der Waals surface area contributed by atoms with Gasteiger partial charge in [0.1, 0.15) is 0 Å². The first kappa shape index (κ1) is 16.6. The molecule has 118 valence electrons. The Hall–Kier alpha value is -1.76. The predicted octanol–water partition coefficient (Wildman–Crippen LogP) is 5.53. The van der Waals surface area contributed by atoms with Crippen LogP contribution in [-0.4, -0.2) is 4.98 Å². The van der Waals surface area contributed by atoms with Gasteiger partial charge in [0.15, 0.2) is 0 Å². The Morgan fingerprint density at radius 2 is 1.45 bits per heavy atom. The highest BCUT2D eigenvalue weighted by Gasteiger charge is 2.35. The summed E-state index contributed by atoms with van der Waals surface area (Å²) in [6.45, 7) is 0. The van der Waals surface area contributed by atoms with Gasteiger partial charge in [-0.1, -0.05) is 12.1 Å². The molecule has 1 heterocycles. The molecule has 0 unspecified atom stereocenters. The first-order valence-corrected chi connectivity index (χ1v) is 6.46. The molecule has 8 heteroatoms. The third kappa shape index (κ3) is 3.35. The highest BCUT2D eigenvalue weighted by molar-refractivity contribution is 6.17. The van der Waals surface area contributed by atoms with E-state index < -0.39 is 29.4 Å². The molecule has 0 saturated carbocycles. The fourth-order valence-electron chi connectivity index (χ4n) is 1.96. The largest absolute Gasteiger partial charge is 0.416 e. The van der Waals surface area contributed by atoms with Gasteiger partial charge in [-0.25, -0.2) is 0 Å². The number of halogens is 7. The minimum Gasteiger partial charge on any atom is -0.256 e. The van der Waals surface area contributed by atoms with E-state index in [2.05, 4.69) is 4.98 Å². The minimum absolute atomic E-state index is 0.0847. The smallest absolute Gasteiger partial charge is 0.256 e. The maximum Gasteiger partial charge on any atom is 0.416 e. The Balaban J connectivity index is 2.54. The molecule has 0 saturated heterocycles. The number of pyridine rings is 1. The van der Waals surface area contributed by atoms with Crippen LogP contribution in [0.5, 0.6) is 0 Å². The van der Waals surface area contributed by atoms with Crippen molar-refractivity contribution < 1.29 is 26.3 Å². The first-order valence-electron chi connectivity index (χ1n) is 5.93. The van der Waals surface area contributed by atoms with Crippen LogP contribution in [0.4, 0.5) is 26.3 Å². The third-order valence-electron chi connectivity index (χ3n) is 2.98. The molecule has 0 atom stereocenters. The lowest BCUT2D eigenvalue weighted by Gasteiger charge is -2.15. The van der Waals surface area contributed by atoms with Gasteiger partial charge >= 0.3 is 12.4 Å². The van der Waals surface area contributed by atoms with Gasteiger partial charge in [0.25, 0.3) is 0 Å². The maximum atomic E-state index is 12.9. The van der Waals surface area contributed by atoms with Crippen LogP contribution in [0, 0.1) is 0 Å². The van der Waals surface area contributed by atoms with Crippen molar-refractivity contribution in [1.29, 1.82) is 0 Å². The standard InChI is InChI=1S/C14H8ClF6N/c15-7-10-11(14(19,20)21)5-6-22-12(10)8-1-3-9(4-2-8)13(16,17)18/h1-6H,7H2. The first-order chi connectivity index (χ1) is 10.1. The molecule has 0 aliphatic carbocycles. The molecule has 0 radical (unpaired) electrons. The molecule has 0 bridgehead atoms. The summed E-state index contributed by atoms with van der Waals surface area (Å²) in [4.78, 5) is 3.82. The summed E-state index contributed by atoms with van der Waals surface area (Å²) in [5.74, 6) is -0.459. The molecule has 1 aromatic carbocycles. The quantitative estimate of drug-likeness (QED) is 0.518. The monoisotopic (exact) mass is 339 g/mol. The summed E-state index contributed by atoms with van der Waals surface area (Å²) < 4.78 is 76.3. The van der Waals surface area contributed by atoms with Gasteiger partial charge in [0.2, 0.25) is 0 Å². The number of aromatic nitrogens is 1. The van der Waals surface area contributed by atoms with E-state index in [0.29, 0.717) is 0 Å². The lowest BCUT2D eigenvalue weighted by molar-refractivity contribution is -0.138. The lowest BCUT2D eigenvalue weighted by Crippen LogP contribution is -2.10. The summed E-state index contributed by atoms with van der Waals surface area (Å²) >= 11 is 5.58. The van der Waals surface area contributed by atoms with E-state index in [1.54, 1.807) is 0 Å². The summed E-state index contributed by atoms with van der Waals surface area (Å²) in [5, 5.41) is 0. The van der Waals surface area contributed by atoms with Crippen molar-refractivity contribution in [2.45, 2.75) is 18.2 Å². The van der Waals surface area contributed by atoms with E-state index >= 15 is 0 Å². The maximum absolute atomic E-state index is 12.9. The molecule has 2 rings (SSSR count). The van der Waals surface area contributed by atoms with E-state index in [1.807, 2.05) is 0 Å². The second-order valence-electron chi connectivity index (χ2n) is 4.39. The van der Waals surface area contributed by atoms with Crippen molar-refractivity contribution in [3.8, 4) is 11.3 Å². The van der Waals surface area contributed by atoms with Crippen LogP contribution >= 0.6 is 11.6 Å². The van der Waals surface area contributed by atoms with E-state index in [9.17, 15) is 26.3 Å². The molecule has 1 aromatic heterocycles. The lowest BCUT2D eigenvalue weighted by atomic mass is 10.0. The van der Waals surface area contributed by atoms with Crippen molar-refractivity contribution in [2.24, 2.45) is 0 Å². The number of hydrogen-bond acceptors (Lipinski definition) is 1. The zero-order valence-electron chi connectivity index (χ0n) is 10.8. The zero-order chi connectivity index (χ0) is 16.5. The third-order valence-corrected chi connectivity index (χ3v) is 3.25. The normalized spacial score (nSPS) is 12.5. The molecule has 1 nitrogen and oxygen atoms in total. The Bertz CT molecular complexity index is 661. The second kappa shape index (κ2) is 5.79. The highest BCUT2D eigenvalue weighted by Crippen LogP contribution is 2.37. The van der Waals surface area contributed by atoms with Gasteiger partial charge in [-0.15, -0.1) is 11.6 Å². The number of hydrogen-bond donors (Lipinski definition) is 0. The van der Waals surface area contributed by atoms with Crippen molar-refractivity contribution in [3.05, 3.63) is 53.2 Å². The Labute approximate surface area is 126 Å². The fourth-order valence-corrected chi connectivity index (χ4v) is 2.23. The molecule has 0 aliphatic heterocycles. The van der Waals surface area contributed by atoms with E-state index in [1.165, 1.54) is 0 Å². The summed E-state index contributed by atoms with van der Waals surface area (Å²) in [6, 6.07) is 4.50. The molecule has 0 spiro atoms. The van der Waals surface area contributed by atoms with E-state index in [-0.39, 0.29) is 16.8 Å². The average Bonchev–Trinajstić information content (AvgIpc) is 2.44. The van der Waals surface area contributed by atoms with Crippen molar-refractivity contribution in [3.63, 3.8) is 0 Å². The van der Waals surface area contributed by atoms with Crippen molar-refractivity contribution >= 4 is 11.6 Å². The topological polar surface area (TPSA) is 12.9 Å². The van der Waals surface area contributed by atoms with Crippen LogP contribution in [0.25, 0.3) is 11.3 Å². The number of benzene rings is 1. The van der Waals surface area contributed by atoms with E-state index in [0.717, 1.165) is 36.5 Å². The van der Waals surface area contributed by atoms with Gasteiger partial charge in [-0.2, -0.15) is 26.3 Å². The molecule has 0 aliphatic rings. The fraction of sp³-hybridized carbons (Fsp3) is 0.214. The SMILES string of the molecule is FC(F)(F)c1ccc(-c2nccc(C(F)(F)F)c2CCl)cc1. The zero-order valence-corrected chi connectivity index (χ0v) is 11.5. The second-order valence-corrected chi connectivity index (χ2v) is 4.66. The summed E-state index contributed by atoms with van der Waals surface area (Å²) in [7, 11) is 0. The number of nitrogens with zero attached hydrogens (tertiary/aromatic N) is 1. The van der Waals surface area contributed by atoms with Gasteiger partial charge < -0.3 is 0 Å². The van der Waals surface area contributed by atoms with Gasteiger partial charge in [-0.3, -0.25) is 4.98 Å². The highest BCUT2D eigenvalue weighted by atomic mass is 35.5. The Morgan fingerprint density at radius 3 is 1.91 bits per heavy atom. The van der Waals surface area contributed by atoms with Crippen LogP contribution in [0.1, 0.15) is 16.7 Å². The van der Waals surface area contributed by atoms with Gasteiger partial charge in [0.05, 0.1) is 22.7 Å². The van der Waals surface area contributed by atoms with E-state index in [4.69, 9.17) is 11.6 Å².